The quantitative estimate of drug-likeness (QED) is 0.0528. The highest BCUT2D eigenvalue weighted by Gasteiger charge is 2.25. The number of rotatable bonds is 12. The molecular weight excluding hydrogens is 1160 g/mol. The maximum absolute atomic E-state index is 5.13. The van der Waals surface area contributed by atoms with Gasteiger partial charge in [0.15, 0.2) is 0 Å². The highest BCUT2D eigenvalue weighted by Crippen LogP contribution is 2.36. The van der Waals surface area contributed by atoms with Gasteiger partial charge in [0.05, 0.1) is 14.2 Å². The lowest BCUT2D eigenvalue weighted by atomic mass is 9.78. The number of hydrogen-bond acceptors (Lipinski definition) is 16. The van der Waals surface area contributed by atoms with Gasteiger partial charge in [0.25, 0.3) is 0 Å². The third kappa shape index (κ3) is 30.0. The van der Waals surface area contributed by atoms with Gasteiger partial charge in [0.1, 0.15) is 34.5 Å². The van der Waals surface area contributed by atoms with E-state index < -0.39 is 0 Å². The molecule has 0 atom stereocenters. The summed E-state index contributed by atoms with van der Waals surface area (Å²) >= 11 is 0. The fourth-order valence-corrected chi connectivity index (χ4v) is 8.47. The van der Waals surface area contributed by atoms with Crippen molar-refractivity contribution in [2.45, 2.75) is 126 Å². The molecule has 0 aromatic heterocycles. The van der Waals surface area contributed by atoms with Crippen LogP contribution in [0.3, 0.4) is 0 Å². The maximum atomic E-state index is 5.13. The molecule has 0 unspecified atom stereocenters. The first-order chi connectivity index (χ1) is 44.2. The van der Waals surface area contributed by atoms with Crippen LogP contribution in [-0.2, 0) is 25.9 Å². The molecule has 10 aromatic rings. The Kier molecular flexibility index (Phi) is 43.4. The van der Waals surface area contributed by atoms with E-state index in [9.17, 15) is 0 Å². The summed E-state index contributed by atoms with van der Waals surface area (Å²) in [7, 11) is 2.81. The summed E-state index contributed by atoms with van der Waals surface area (Å²) in [6, 6.07) is 79.8. The largest absolute Gasteiger partial charge is 0.412 e. The molecule has 16 N–H and O–H groups in total. The van der Waals surface area contributed by atoms with Crippen LogP contribution in [0.25, 0.3) is 21.5 Å². The van der Waals surface area contributed by atoms with Crippen molar-refractivity contribution in [3.05, 3.63) is 276 Å². The summed E-state index contributed by atoms with van der Waals surface area (Å²) in [5, 5.41) is 5.24. The first-order valence-electron chi connectivity index (χ1n) is 30.4. The van der Waals surface area contributed by atoms with Crippen LogP contribution in [-0.4, -0.2) is 14.2 Å². The minimum absolute atomic E-state index is 0. The van der Waals surface area contributed by atoms with E-state index >= 15 is 0 Å². The minimum atomic E-state index is -0.125. The van der Waals surface area contributed by atoms with Crippen LogP contribution in [0, 0.1) is 0 Å². The molecule has 0 heterocycles. The molecule has 0 aliphatic rings. The van der Waals surface area contributed by atoms with Crippen molar-refractivity contribution in [1.82, 2.24) is 0 Å². The van der Waals surface area contributed by atoms with Crippen LogP contribution in [0.2, 0.25) is 0 Å². The van der Waals surface area contributed by atoms with E-state index in [0.29, 0.717) is 34.5 Å². The summed E-state index contributed by atoms with van der Waals surface area (Å²) in [4.78, 5) is 35.6. The monoisotopic (exact) mass is 1270 g/mol. The van der Waals surface area contributed by atoms with Crippen LogP contribution >= 0.6 is 0 Å². The Balaban J connectivity index is 0.00000109. The molecule has 93 heavy (non-hydrogen) atoms. The van der Waals surface area contributed by atoms with Gasteiger partial charge in [-0.05, 0) is 128 Å². The third-order valence-electron chi connectivity index (χ3n) is 13.6. The Morgan fingerprint density at radius 1 is 0.226 bits per heavy atom. The van der Waals surface area contributed by atoms with Gasteiger partial charge in [-0.2, -0.15) is 35.4 Å². The molecule has 0 radical (unpaired) electrons. The number of fused-ring (bicyclic) bond motifs is 2. The molecule has 16 nitrogen and oxygen atoms in total. The van der Waals surface area contributed by atoms with Gasteiger partial charge >= 0.3 is 0 Å². The summed E-state index contributed by atoms with van der Waals surface area (Å²) in [6.07, 6.45) is 3.75. The fraction of sp³-hybridized carbons (Fsp3) is 0.273. The van der Waals surface area contributed by atoms with Crippen molar-refractivity contribution < 1.29 is 38.7 Å². The van der Waals surface area contributed by atoms with E-state index in [1.165, 1.54) is 88.4 Å². The molecule has 0 bridgehead atoms. The van der Waals surface area contributed by atoms with Gasteiger partial charge in [-0.15, -0.1) is 0 Å². The zero-order valence-electron chi connectivity index (χ0n) is 56.6. The standard InChI is InChI=1S/3C15H18N2O2.2C10H8.3C3H8.2CH5NO.CH4/c3*1-15(2,11-3-7-13(18-16)8-4-11)12-5-9-14(19-17)10-6-12;2*1-2-6-10-8-4-3-7-9(10)5-1;5*1-3-2;/h3*3-10H,16-17H2,1-2H3;2*1-8H;3*3H2,1-2H3;2*2H2,1H3;1H4. The number of hydrogen-bond donors (Lipinski definition) is 8. The minimum Gasteiger partial charge on any atom is -0.412 e. The molecule has 10 rings (SSSR count). The van der Waals surface area contributed by atoms with Crippen molar-refractivity contribution in [3.8, 4) is 34.5 Å². The number of benzene rings is 10. The van der Waals surface area contributed by atoms with Gasteiger partial charge in [0, 0.05) is 16.2 Å². The Morgan fingerprint density at radius 2 is 0.323 bits per heavy atom. The summed E-state index contributed by atoms with van der Waals surface area (Å²) in [6.45, 7) is 25.7. The summed E-state index contributed by atoms with van der Waals surface area (Å²) in [5.41, 5.74) is 6.68. The van der Waals surface area contributed by atoms with Crippen molar-refractivity contribution in [3.63, 3.8) is 0 Å². The first kappa shape index (κ1) is 84.1. The summed E-state index contributed by atoms with van der Waals surface area (Å²) < 4.78 is 0. The second-order valence-electron chi connectivity index (χ2n) is 22.0. The molecule has 0 saturated carbocycles. The van der Waals surface area contributed by atoms with Crippen molar-refractivity contribution in [2.75, 3.05) is 14.2 Å². The van der Waals surface area contributed by atoms with Gasteiger partial charge in [-0.25, -0.2) is 11.8 Å². The zero-order valence-corrected chi connectivity index (χ0v) is 56.6. The van der Waals surface area contributed by atoms with Crippen molar-refractivity contribution in [2.24, 2.45) is 47.2 Å². The predicted molar refractivity (Wildman–Crippen MR) is 389 cm³/mol. The van der Waals surface area contributed by atoms with E-state index in [1.807, 2.05) is 146 Å². The smallest absolute Gasteiger partial charge is 0.146 e. The number of nitrogens with two attached hydrogens (primary N) is 8. The Labute approximate surface area is 555 Å². The average Bonchev–Trinajstić information content (AvgIpc) is 0.856. The van der Waals surface area contributed by atoms with E-state index in [2.05, 4.69) is 231 Å². The molecule has 0 amide bonds. The third-order valence-corrected chi connectivity index (χ3v) is 13.6. The van der Waals surface area contributed by atoms with Gasteiger partial charge < -0.3 is 38.7 Å². The van der Waals surface area contributed by atoms with E-state index in [-0.39, 0.29) is 23.7 Å². The van der Waals surface area contributed by atoms with E-state index in [0.717, 1.165) is 0 Å². The van der Waals surface area contributed by atoms with Gasteiger partial charge in [0.2, 0.25) is 0 Å². The van der Waals surface area contributed by atoms with Crippen LogP contribution in [0.1, 0.15) is 143 Å². The Hall–Kier alpha value is -8.88. The highest BCUT2D eigenvalue weighted by molar-refractivity contribution is 5.82. The van der Waals surface area contributed by atoms with Crippen molar-refractivity contribution >= 4 is 21.5 Å². The second kappa shape index (κ2) is 48.0. The normalized spacial score (nSPS) is 9.96. The van der Waals surface area contributed by atoms with Gasteiger partial charge in [-0.1, -0.05) is 280 Å². The second-order valence-corrected chi connectivity index (χ2v) is 22.0. The SMILES string of the molecule is C.CC(C)(c1ccc(ON)cc1)c1ccc(ON)cc1.CC(C)(c1ccc(ON)cc1)c1ccc(ON)cc1.CC(C)(c1ccc(ON)cc1)c1ccc(ON)cc1.CCC.CCC.CCC.CON.CON.c1ccc2ccccc2c1.c1ccc2ccccc2c1. The lowest BCUT2D eigenvalue weighted by Crippen LogP contribution is -2.19. The predicted octanol–water partition coefficient (Wildman–Crippen LogP) is 17.1. The van der Waals surface area contributed by atoms with E-state index in [4.69, 9.17) is 35.4 Å². The molecule has 504 valence electrons. The molecule has 16 heteroatoms. The van der Waals surface area contributed by atoms with Gasteiger partial charge in [-0.3, -0.25) is 0 Å². The Bertz CT molecular complexity index is 2820. The maximum Gasteiger partial charge on any atom is 0.146 e. The lowest BCUT2D eigenvalue weighted by molar-refractivity contribution is 0.206. The summed E-state index contributed by atoms with van der Waals surface area (Å²) in [5.74, 6) is 43.3. The molecule has 0 saturated heterocycles. The lowest BCUT2D eigenvalue weighted by Gasteiger charge is -2.26. The molecule has 0 spiro atoms. The van der Waals surface area contributed by atoms with Crippen LogP contribution in [0.4, 0.5) is 0 Å². The van der Waals surface area contributed by atoms with E-state index in [1.54, 1.807) is 0 Å². The molecular formula is C77H108N8O8. The molecule has 0 fully saturated rings. The van der Waals surface area contributed by atoms with Crippen molar-refractivity contribution in [1.29, 1.82) is 0 Å². The first-order valence-corrected chi connectivity index (χ1v) is 30.4. The molecule has 0 aliphatic heterocycles. The fourth-order valence-electron chi connectivity index (χ4n) is 8.47. The highest BCUT2D eigenvalue weighted by atomic mass is 16.6. The topological polar surface area (TPSA) is 282 Å². The average molecular weight is 1270 g/mol. The van der Waals surface area contributed by atoms with Crippen LogP contribution < -0.4 is 76.2 Å². The van der Waals surface area contributed by atoms with Crippen LogP contribution in [0.5, 0.6) is 34.5 Å². The Morgan fingerprint density at radius 3 is 0.409 bits per heavy atom. The molecule has 0 aliphatic carbocycles. The zero-order chi connectivity index (χ0) is 68.8. The molecule has 10 aromatic carbocycles. The van der Waals surface area contributed by atoms with Crippen LogP contribution in [0.15, 0.2) is 243 Å².